The maximum atomic E-state index is 13.0. The van der Waals surface area contributed by atoms with Crippen LogP contribution in [0.2, 0.25) is 5.02 Å². The fourth-order valence-corrected chi connectivity index (χ4v) is 2.98. The van der Waals surface area contributed by atoms with E-state index in [2.05, 4.69) is 31.1 Å². The first kappa shape index (κ1) is 16.2. The predicted octanol–water partition coefficient (Wildman–Crippen LogP) is 2.65. The van der Waals surface area contributed by atoms with Crippen LogP contribution in [0.5, 0.6) is 0 Å². The molecule has 0 bridgehead atoms. The molecule has 1 aliphatic rings. The smallest absolute Gasteiger partial charge is 0.255 e. The van der Waals surface area contributed by atoms with Gasteiger partial charge in [-0.2, -0.15) is 4.68 Å². The summed E-state index contributed by atoms with van der Waals surface area (Å²) in [4.78, 5) is 17.4. The Morgan fingerprint density at radius 3 is 2.77 bits per heavy atom. The van der Waals surface area contributed by atoms with Gasteiger partial charge in [0.2, 0.25) is 5.95 Å². The molecule has 0 fully saturated rings. The second-order valence-electron chi connectivity index (χ2n) is 5.73. The molecule has 2 N–H and O–H groups in total. The highest BCUT2D eigenvalue weighted by molar-refractivity contribution is 6.30. The number of carbonyl (C=O) groups is 1. The molecule has 0 unspecified atom stereocenters. The monoisotopic (exact) mass is 367 g/mol. The third-order valence-corrected chi connectivity index (χ3v) is 4.28. The Morgan fingerprint density at radius 2 is 2.04 bits per heavy atom. The van der Waals surface area contributed by atoms with Crippen molar-refractivity contribution in [1.82, 2.24) is 25.2 Å². The summed E-state index contributed by atoms with van der Waals surface area (Å²) in [7, 11) is 0. The fourth-order valence-electron chi connectivity index (χ4n) is 2.85. The summed E-state index contributed by atoms with van der Waals surface area (Å²) in [5, 5.41) is 18.2. The number of rotatable bonds is 3. The van der Waals surface area contributed by atoms with Crippen LogP contribution < -0.4 is 10.6 Å². The molecule has 3 aromatic rings. The van der Waals surface area contributed by atoms with Gasteiger partial charge in [-0.1, -0.05) is 22.8 Å². The molecule has 9 heteroatoms. The lowest BCUT2D eigenvalue weighted by Crippen LogP contribution is -2.32. The van der Waals surface area contributed by atoms with Gasteiger partial charge in [-0.25, -0.2) is 0 Å². The average molecular weight is 368 g/mol. The fraction of sp³-hybridized carbons (Fsp3) is 0.118. The zero-order valence-electron chi connectivity index (χ0n) is 13.7. The molecular formula is C17H14ClN7O. The molecule has 1 atom stereocenters. The number of hydrogen-bond acceptors (Lipinski definition) is 6. The van der Waals surface area contributed by atoms with E-state index in [0.717, 1.165) is 0 Å². The number of aromatic nitrogens is 5. The van der Waals surface area contributed by atoms with Gasteiger partial charge in [0.05, 0.1) is 11.3 Å². The van der Waals surface area contributed by atoms with Crippen LogP contribution in [0.1, 0.15) is 18.7 Å². The minimum Gasteiger partial charge on any atom is -0.326 e. The van der Waals surface area contributed by atoms with Gasteiger partial charge in [0.15, 0.2) is 0 Å². The molecular weight excluding hydrogens is 354 g/mol. The Labute approximate surface area is 153 Å². The number of halogens is 1. The quantitative estimate of drug-likeness (QED) is 0.738. The summed E-state index contributed by atoms with van der Waals surface area (Å²) in [6, 6.07) is 11.9. The minimum atomic E-state index is -0.533. The van der Waals surface area contributed by atoms with E-state index in [1.54, 1.807) is 35.1 Å². The van der Waals surface area contributed by atoms with Crippen molar-refractivity contribution >= 4 is 29.1 Å². The van der Waals surface area contributed by atoms with Gasteiger partial charge in [0, 0.05) is 22.6 Å². The molecule has 1 aromatic carbocycles. The molecule has 0 radical (unpaired) electrons. The largest absolute Gasteiger partial charge is 0.326 e. The van der Waals surface area contributed by atoms with E-state index in [1.807, 2.05) is 25.1 Å². The third kappa shape index (κ3) is 2.91. The van der Waals surface area contributed by atoms with E-state index in [0.29, 0.717) is 33.6 Å². The lowest BCUT2D eigenvalue weighted by Gasteiger charge is -2.27. The number of carbonyl (C=O) groups excluding carboxylic acids is 1. The number of fused-ring (bicyclic) bond motifs is 1. The summed E-state index contributed by atoms with van der Waals surface area (Å²) in [5.41, 5.74) is 2.46. The first-order valence-corrected chi connectivity index (χ1v) is 8.25. The molecule has 8 nitrogen and oxygen atoms in total. The number of benzene rings is 1. The maximum absolute atomic E-state index is 13.0. The van der Waals surface area contributed by atoms with Crippen LogP contribution in [0, 0.1) is 0 Å². The van der Waals surface area contributed by atoms with Crippen LogP contribution in [0.25, 0.3) is 0 Å². The van der Waals surface area contributed by atoms with Crippen molar-refractivity contribution in [3.8, 4) is 0 Å². The van der Waals surface area contributed by atoms with Crippen LogP contribution in [0.3, 0.4) is 0 Å². The number of nitrogens with one attached hydrogen (secondary N) is 2. The van der Waals surface area contributed by atoms with E-state index < -0.39 is 6.04 Å². The highest BCUT2D eigenvalue weighted by atomic mass is 35.5. The highest BCUT2D eigenvalue weighted by Gasteiger charge is 2.34. The molecule has 4 rings (SSSR count). The zero-order valence-corrected chi connectivity index (χ0v) is 14.5. The zero-order chi connectivity index (χ0) is 18.1. The SMILES string of the molecule is CC1=C(C(=O)Nc2ccc(Cl)cc2)[C@H](c2ccccn2)n2nnnc2N1. The highest BCUT2D eigenvalue weighted by Crippen LogP contribution is 2.33. The molecule has 0 aliphatic carbocycles. The normalized spacial score (nSPS) is 16.0. The van der Waals surface area contributed by atoms with E-state index in [-0.39, 0.29) is 5.91 Å². The number of hydrogen-bond donors (Lipinski definition) is 2. The summed E-state index contributed by atoms with van der Waals surface area (Å²) in [6.07, 6.45) is 1.67. The Kier molecular flexibility index (Phi) is 4.10. The molecule has 0 saturated carbocycles. The lowest BCUT2D eigenvalue weighted by atomic mass is 9.98. The van der Waals surface area contributed by atoms with E-state index in [9.17, 15) is 4.79 Å². The molecule has 1 aliphatic heterocycles. The van der Waals surface area contributed by atoms with Crippen molar-refractivity contribution in [3.05, 3.63) is 70.6 Å². The summed E-state index contributed by atoms with van der Waals surface area (Å²) in [5.74, 6) is 0.190. The van der Waals surface area contributed by atoms with Crippen molar-refractivity contribution in [2.75, 3.05) is 10.6 Å². The third-order valence-electron chi connectivity index (χ3n) is 4.03. The van der Waals surface area contributed by atoms with Crippen molar-refractivity contribution in [2.45, 2.75) is 13.0 Å². The lowest BCUT2D eigenvalue weighted by molar-refractivity contribution is -0.113. The first-order chi connectivity index (χ1) is 12.6. The number of allylic oxidation sites excluding steroid dienone is 1. The Hall–Kier alpha value is -3.26. The van der Waals surface area contributed by atoms with E-state index in [4.69, 9.17) is 11.6 Å². The summed E-state index contributed by atoms with van der Waals surface area (Å²) in [6.45, 7) is 1.81. The van der Waals surface area contributed by atoms with Crippen molar-refractivity contribution in [1.29, 1.82) is 0 Å². The molecule has 0 spiro atoms. The van der Waals surface area contributed by atoms with Gasteiger partial charge in [-0.15, -0.1) is 0 Å². The molecule has 1 amide bonds. The first-order valence-electron chi connectivity index (χ1n) is 7.87. The Balaban J connectivity index is 1.74. The van der Waals surface area contributed by atoms with Gasteiger partial charge in [-0.05, 0) is 53.7 Å². The van der Waals surface area contributed by atoms with Crippen molar-refractivity contribution in [3.63, 3.8) is 0 Å². The second kappa shape index (κ2) is 6.57. The Bertz CT molecular complexity index is 982. The van der Waals surface area contributed by atoms with Gasteiger partial charge >= 0.3 is 0 Å². The number of anilines is 2. The molecule has 130 valence electrons. The number of tetrazole rings is 1. The van der Waals surface area contributed by atoms with Crippen LogP contribution in [0.15, 0.2) is 59.9 Å². The van der Waals surface area contributed by atoms with Gasteiger partial charge in [0.1, 0.15) is 6.04 Å². The van der Waals surface area contributed by atoms with E-state index >= 15 is 0 Å². The summed E-state index contributed by atoms with van der Waals surface area (Å²) >= 11 is 5.90. The van der Waals surface area contributed by atoms with Crippen LogP contribution in [0.4, 0.5) is 11.6 Å². The van der Waals surface area contributed by atoms with Crippen molar-refractivity contribution in [2.24, 2.45) is 0 Å². The van der Waals surface area contributed by atoms with Crippen LogP contribution >= 0.6 is 11.6 Å². The topological polar surface area (TPSA) is 97.6 Å². The standard InChI is InChI=1S/C17H14ClN7O/c1-10-14(16(26)21-12-7-5-11(18)6-8-12)15(13-4-2-3-9-19-13)25-17(20-10)22-23-24-25/h2-9,15H,1H3,(H,21,26)(H,20,22,24)/t15-/m0/s1. The van der Waals surface area contributed by atoms with Gasteiger partial charge < -0.3 is 10.6 Å². The van der Waals surface area contributed by atoms with Gasteiger partial charge in [-0.3, -0.25) is 9.78 Å². The number of pyridine rings is 1. The van der Waals surface area contributed by atoms with Crippen LogP contribution in [-0.4, -0.2) is 31.1 Å². The van der Waals surface area contributed by atoms with Crippen LogP contribution in [-0.2, 0) is 4.79 Å². The van der Waals surface area contributed by atoms with E-state index in [1.165, 1.54) is 0 Å². The minimum absolute atomic E-state index is 0.269. The predicted molar refractivity (Wildman–Crippen MR) is 96.6 cm³/mol. The maximum Gasteiger partial charge on any atom is 0.255 e. The molecule has 0 saturated heterocycles. The average Bonchev–Trinajstić information content (AvgIpc) is 3.11. The molecule has 3 heterocycles. The summed E-state index contributed by atoms with van der Waals surface area (Å²) < 4.78 is 1.55. The number of nitrogens with zero attached hydrogens (tertiary/aromatic N) is 5. The number of amides is 1. The van der Waals surface area contributed by atoms with Crippen molar-refractivity contribution < 1.29 is 4.79 Å². The molecule has 2 aromatic heterocycles. The van der Waals surface area contributed by atoms with Gasteiger partial charge in [0.25, 0.3) is 5.91 Å². The second-order valence-corrected chi connectivity index (χ2v) is 6.17. The molecule has 26 heavy (non-hydrogen) atoms. The Morgan fingerprint density at radius 1 is 1.23 bits per heavy atom.